The van der Waals surface area contributed by atoms with Crippen LogP contribution in [0, 0.1) is 11.8 Å². The number of aromatic nitrogens is 1. The summed E-state index contributed by atoms with van der Waals surface area (Å²) in [5.41, 5.74) is 5.57. The summed E-state index contributed by atoms with van der Waals surface area (Å²) in [5.74, 6) is 0.329. The average Bonchev–Trinajstić information content (AvgIpc) is 2.66. The molecule has 0 fully saturated rings. The van der Waals surface area contributed by atoms with Gasteiger partial charge in [0.15, 0.2) is 5.13 Å². The molecule has 0 aromatic carbocycles. The maximum absolute atomic E-state index is 11.8. The highest BCUT2D eigenvalue weighted by atomic mass is 32.1. The predicted molar refractivity (Wildman–Crippen MR) is 62.7 cm³/mol. The summed E-state index contributed by atoms with van der Waals surface area (Å²) in [5, 5.41) is 5.24. The zero-order valence-electron chi connectivity index (χ0n) is 9.06. The number of amides is 1. The molecule has 3 N–H and O–H groups in total. The van der Waals surface area contributed by atoms with E-state index in [-0.39, 0.29) is 11.8 Å². The Hall–Kier alpha value is -0.940. The van der Waals surface area contributed by atoms with Crippen LogP contribution in [-0.4, -0.2) is 17.4 Å². The Balaban J connectivity index is 2.50. The summed E-state index contributed by atoms with van der Waals surface area (Å²) >= 11 is 1.41. The molecule has 0 radical (unpaired) electrons. The Labute approximate surface area is 93.9 Å². The molecule has 1 rings (SSSR count). The van der Waals surface area contributed by atoms with Crippen molar-refractivity contribution in [2.75, 3.05) is 11.9 Å². The number of nitrogens with one attached hydrogen (secondary N) is 1. The molecule has 0 bridgehead atoms. The van der Waals surface area contributed by atoms with Crippen molar-refractivity contribution in [2.45, 2.75) is 20.3 Å². The Morgan fingerprint density at radius 2 is 2.40 bits per heavy atom. The SMILES string of the molecule is CC(C)CC(CN)C(=O)Nc1nccs1. The molecule has 0 aliphatic carbocycles. The highest BCUT2D eigenvalue weighted by Crippen LogP contribution is 2.15. The summed E-state index contributed by atoms with van der Waals surface area (Å²) < 4.78 is 0. The topological polar surface area (TPSA) is 68.0 Å². The summed E-state index contributed by atoms with van der Waals surface area (Å²) in [4.78, 5) is 15.8. The van der Waals surface area contributed by atoms with Gasteiger partial charge in [-0.3, -0.25) is 4.79 Å². The number of anilines is 1. The maximum atomic E-state index is 11.8. The van der Waals surface area contributed by atoms with E-state index in [0.717, 1.165) is 6.42 Å². The van der Waals surface area contributed by atoms with Crippen molar-refractivity contribution in [2.24, 2.45) is 17.6 Å². The van der Waals surface area contributed by atoms with Crippen LogP contribution in [0.4, 0.5) is 5.13 Å². The number of carbonyl (C=O) groups is 1. The van der Waals surface area contributed by atoms with Crippen molar-refractivity contribution in [3.8, 4) is 0 Å². The van der Waals surface area contributed by atoms with Gasteiger partial charge >= 0.3 is 0 Å². The van der Waals surface area contributed by atoms with Gasteiger partial charge in [-0.15, -0.1) is 11.3 Å². The van der Waals surface area contributed by atoms with Crippen LogP contribution < -0.4 is 11.1 Å². The Morgan fingerprint density at radius 1 is 1.67 bits per heavy atom. The summed E-state index contributed by atoms with van der Waals surface area (Å²) in [7, 11) is 0. The van der Waals surface area contributed by atoms with E-state index in [1.165, 1.54) is 11.3 Å². The lowest BCUT2D eigenvalue weighted by atomic mass is 9.96. The fraction of sp³-hybridized carbons (Fsp3) is 0.600. The molecule has 5 heteroatoms. The van der Waals surface area contributed by atoms with Gasteiger partial charge in [0.05, 0.1) is 5.92 Å². The molecule has 1 aromatic rings. The monoisotopic (exact) mass is 227 g/mol. The number of hydrogen-bond acceptors (Lipinski definition) is 4. The highest BCUT2D eigenvalue weighted by Gasteiger charge is 2.18. The van der Waals surface area contributed by atoms with Gasteiger partial charge in [-0.2, -0.15) is 0 Å². The lowest BCUT2D eigenvalue weighted by Crippen LogP contribution is -2.30. The zero-order valence-corrected chi connectivity index (χ0v) is 9.88. The molecule has 84 valence electrons. The first-order chi connectivity index (χ1) is 7.13. The molecule has 1 aromatic heterocycles. The normalized spacial score (nSPS) is 12.8. The minimum Gasteiger partial charge on any atom is -0.330 e. The molecule has 4 nitrogen and oxygen atoms in total. The highest BCUT2D eigenvalue weighted by molar-refractivity contribution is 7.13. The van der Waals surface area contributed by atoms with Crippen LogP contribution in [0.25, 0.3) is 0 Å². The van der Waals surface area contributed by atoms with Crippen molar-refractivity contribution in [3.63, 3.8) is 0 Å². The van der Waals surface area contributed by atoms with Crippen LogP contribution in [0.1, 0.15) is 20.3 Å². The minimum atomic E-state index is -0.117. The van der Waals surface area contributed by atoms with Gasteiger partial charge in [-0.25, -0.2) is 4.98 Å². The number of nitrogens with zero attached hydrogens (tertiary/aromatic N) is 1. The Kier molecular flexibility index (Phi) is 4.71. The quantitative estimate of drug-likeness (QED) is 0.804. The first kappa shape index (κ1) is 12.1. The molecule has 1 atom stereocenters. The molecular weight excluding hydrogens is 210 g/mol. The fourth-order valence-electron chi connectivity index (χ4n) is 1.37. The lowest BCUT2D eigenvalue weighted by molar-refractivity contribution is -0.120. The average molecular weight is 227 g/mol. The van der Waals surface area contributed by atoms with Gasteiger partial charge in [-0.1, -0.05) is 13.8 Å². The van der Waals surface area contributed by atoms with Crippen LogP contribution in [0.15, 0.2) is 11.6 Å². The molecule has 0 spiro atoms. The van der Waals surface area contributed by atoms with Crippen LogP contribution in [0.3, 0.4) is 0 Å². The molecule has 0 saturated heterocycles. The van der Waals surface area contributed by atoms with E-state index < -0.39 is 0 Å². The first-order valence-electron chi connectivity index (χ1n) is 5.04. The van der Waals surface area contributed by atoms with Crippen molar-refractivity contribution >= 4 is 22.4 Å². The van der Waals surface area contributed by atoms with Gasteiger partial charge in [0.25, 0.3) is 0 Å². The predicted octanol–water partition coefficient (Wildman–Crippen LogP) is 1.70. The number of hydrogen-bond donors (Lipinski definition) is 2. The third-order valence-corrected chi connectivity index (χ3v) is 2.76. The number of carbonyl (C=O) groups excluding carboxylic acids is 1. The molecule has 1 unspecified atom stereocenters. The van der Waals surface area contributed by atoms with Crippen molar-refractivity contribution in [3.05, 3.63) is 11.6 Å². The van der Waals surface area contributed by atoms with Gasteiger partial charge < -0.3 is 11.1 Å². The van der Waals surface area contributed by atoms with Crippen LogP contribution in [-0.2, 0) is 4.79 Å². The van der Waals surface area contributed by atoms with E-state index in [1.807, 2.05) is 5.38 Å². The molecule has 1 amide bonds. The smallest absolute Gasteiger partial charge is 0.230 e. The molecule has 0 saturated carbocycles. The molecule has 0 aliphatic heterocycles. The number of rotatable bonds is 5. The van der Waals surface area contributed by atoms with E-state index in [2.05, 4.69) is 24.1 Å². The van der Waals surface area contributed by atoms with Crippen LogP contribution in [0.5, 0.6) is 0 Å². The van der Waals surface area contributed by atoms with Crippen molar-refractivity contribution in [1.82, 2.24) is 4.98 Å². The zero-order chi connectivity index (χ0) is 11.3. The minimum absolute atomic E-state index is 0.0267. The second kappa shape index (κ2) is 5.82. The standard InChI is InChI=1S/C10H17N3OS/c1-7(2)5-8(6-11)9(14)13-10-12-3-4-15-10/h3-4,7-8H,5-6,11H2,1-2H3,(H,12,13,14). The van der Waals surface area contributed by atoms with Crippen LogP contribution in [0.2, 0.25) is 0 Å². The van der Waals surface area contributed by atoms with Crippen LogP contribution >= 0.6 is 11.3 Å². The second-order valence-electron chi connectivity index (χ2n) is 3.89. The summed E-state index contributed by atoms with van der Waals surface area (Å²) in [6.45, 7) is 4.55. The van der Waals surface area contributed by atoms with Gasteiger partial charge in [0.1, 0.15) is 0 Å². The number of nitrogens with two attached hydrogens (primary N) is 1. The van der Waals surface area contributed by atoms with Gasteiger partial charge in [0.2, 0.25) is 5.91 Å². The third-order valence-electron chi connectivity index (χ3n) is 2.07. The fourth-order valence-corrected chi connectivity index (χ4v) is 1.90. The van der Waals surface area contributed by atoms with E-state index in [0.29, 0.717) is 17.6 Å². The Morgan fingerprint density at radius 3 is 2.87 bits per heavy atom. The van der Waals surface area contributed by atoms with E-state index in [4.69, 9.17) is 5.73 Å². The van der Waals surface area contributed by atoms with Gasteiger partial charge in [-0.05, 0) is 12.3 Å². The summed E-state index contributed by atoms with van der Waals surface area (Å²) in [6.07, 6.45) is 2.48. The Bertz CT molecular complexity index is 298. The lowest BCUT2D eigenvalue weighted by Gasteiger charge is -2.15. The van der Waals surface area contributed by atoms with E-state index in [9.17, 15) is 4.79 Å². The van der Waals surface area contributed by atoms with Crippen molar-refractivity contribution in [1.29, 1.82) is 0 Å². The third kappa shape index (κ3) is 3.97. The molecular formula is C10H17N3OS. The number of thiazole rings is 1. The van der Waals surface area contributed by atoms with Crippen molar-refractivity contribution < 1.29 is 4.79 Å². The second-order valence-corrected chi connectivity index (χ2v) is 4.78. The molecule has 1 heterocycles. The van der Waals surface area contributed by atoms with Gasteiger partial charge in [0, 0.05) is 18.1 Å². The first-order valence-corrected chi connectivity index (χ1v) is 5.92. The largest absolute Gasteiger partial charge is 0.330 e. The molecule has 0 aliphatic rings. The van der Waals surface area contributed by atoms with E-state index >= 15 is 0 Å². The molecule has 15 heavy (non-hydrogen) atoms. The van der Waals surface area contributed by atoms with E-state index in [1.54, 1.807) is 6.20 Å². The summed E-state index contributed by atoms with van der Waals surface area (Å²) in [6, 6.07) is 0. The maximum Gasteiger partial charge on any atom is 0.230 e.